The number of hydrogen-bond donors (Lipinski definition) is 3. The minimum Gasteiger partial charge on any atom is -0.477 e. The van der Waals surface area contributed by atoms with Gasteiger partial charge in [0.25, 0.3) is 5.91 Å². The van der Waals surface area contributed by atoms with Crippen LogP contribution in [0.1, 0.15) is 32.4 Å². The molecule has 2 aromatic heterocycles. The van der Waals surface area contributed by atoms with Crippen molar-refractivity contribution in [2.24, 2.45) is 0 Å². The van der Waals surface area contributed by atoms with Crippen LogP contribution in [0.2, 0.25) is 0 Å². The zero-order chi connectivity index (χ0) is 13.8. The maximum Gasteiger partial charge on any atom is 0.354 e. The third-order valence-electron chi connectivity index (χ3n) is 2.33. The Hall–Kier alpha value is -2.77. The highest BCUT2D eigenvalue weighted by Crippen LogP contribution is 2.03. The number of carbonyl (C=O) groups is 2. The summed E-state index contributed by atoms with van der Waals surface area (Å²) in [4.78, 5) is 36.8. The summed E-state index contributed by atoms with van der Waals surface area (Å²) in [6, 6.07) is 0. The van der Waals surface area contributed by atoms with E-state index < -0.39 is 11.9 Å². The molecule has 2 heterocycles. The minimum atomic E-state index is -1.24. The smallest absolute Gasteiger partial charge is 0.354 e. The maximum atomic E-state index is 11.8. The number of aromatic carboxylic acids is 1. The monoisotopic (exact) mass is 261 g/mol. The van der Waals surface area contributed by atoms with Crippen molar-refractivity contribution in [2.45, 2.75) is 13.5 Å². The lowest BCUT2D eigenvalue weighted by atomic mass is 10.3. The Labute approximate surface area is 107 Å². The van der Waals surface area contributed by atoms with Crippen molar-refractivity contribution in [3.8, 4) is 0 Å². The van der Waals surface area contributed by atoms with Crippen LogP contribution in [0.25, 0.3) is 0 Å². The third-order valence-corrected chi connectivity index (χ3v) is 2.33. The van der Waals surface area contributed by atoms with Crippen LogP contribution in [0, 0.1) is 6.92 Å². The Morgan fingerprint density at radius 2 is 2.11 bits per heavy atom. The van der Waals surface area contributed by atoms with Crippen molar-refractivity contribution >= 4 is 11.9 Å². The van der Waals surface area contributed by atoms with Crippen LogP contribution in [0.15, 0.2) is 18.7 Å². The van der Waals surface area contributed by atoms with Gasteiger partial charge in [0.15, 0.2) is 11.4 Å². The highest BCUT2D eigenvalue weighted by molar-refractivity contribution is 6.02. The van der Waals surface area contributed by atoms with Crippen LogP contribution in [0.4, 0.5) is 0 Å². The molecular weight excluding hydrogens is 250 g/mol. The first-order valence-corrected chi connectivity index (χ1v) is 5.40. The summed E-state index contributed by atoms with van der Waals surface area (Å²) in [5, 5.41) is 11.4. The predicted molar refractivity (Wildman–Crippen MR) is 63.5 cm³/mol. The number of nitrogens with one attached hydrogen (secondary N) is 2. The van der Waals surface area contributed by atoms with Gasteiger partial charge in [0.05, 0.1) is 30.5 Å². The number of carboxylic acid groups (broad SMARTS) is 1. The van der Waals surface area contributed by atoms with Crippen molar-refractivity contribution in [2.75, 3.05) is 0 Å². The Morgan fingerprint density at radius 3 is 2.74 bits per heavy atom. The number of amides is 1. The Kier molecular flexibility index (Phi) is 3.51. The predicted octanol–water partition coefficient (Wildman–Crippen LogP) is 0.136. The average Bonchev–Trinajstić information content (AvgIpc) is 2.87. The molecule has 98 valence electrons. The SMILES string of the molecule is Cc1cnc(CNC(=O)c2nc[nH]c2C(=O)O)cn1. The quantitative estimate of drug-likeness (QED) is 0.719. The zero-order valence-electron chi connectivity index (χ0n) is 10.0. The summed E-state index contributed by atoms with van der Waals surface area (Å²) in [5.74, 6) is -1.82. The van der Waals surface area contributed by atoms with E-state index in [4.69, 9.17) is 5.11 Å². The van der Waals surface area contributed by atoms with Crippen molar-refractivity contribution < 1.29 is 14.7 Å². The van der Waals surface area contributed by atoms with Gasteiger partial charge in [-0.3, -0.25) is 14.8 Å². The minimum absolute atomic E-state index is 0.151. The number of carboxylic acids is 1. The molecular formula is C11H11N5O3. The highest BCUT2D eigenvalue weighted by atomic mass is 16.4. The van der Waals surface area contributed by atoms with Crippen LogP contribution in [-0.2, 0) is 6.54 Å². The maximum absolute atomic E-state index is 11.8. The standard InChI is InChI=1S/C11H11N5O3/c1-6-2-13-7(3-12-6)4-14-10(17)8-9(11(18)19)16-5-15-8/h2-3,5H,4H2,1H3,(H,14,17)(H,15,16)(H,18,19). The molecule has 8 nitrogen and oxygen atoms in total. The van der Waals surface area contributed by atoms with Gasteiger partial charge in [-0.2, -0.15) is 0 Å². The summed E-state index contributed by atoms with van der Waals surface area (Å²) in [6.45, 7) is 1.95. The second-order valence-electron chi connectivity index (χ2n) is 3.76. The molecule has 0 bridgehead atoms. The number of hydrogen-bond acceptors (Lipinski definition) is 5. The van der Waals surface area contributed by atoms with Gasteiger partial charge in [-0.05, 0) is 6.92 Å². The molecule has 1 amide bonds. The van der Waals surface area contributed by atoms with E-state index in [1.54, 1.807) is 13.1 Å². The number of nitrogens with zero attached hydrogens (tertiary/aromatic N) is 3. The van der Waals surface area contributed by atoms with Gasteiger partial charge < -0.3 is 15.4 Å². The second-order valence-corrected chi connectivity index (χ2v) is 3.76. The van der Waals surface area contributed by atoms with Crippen molar-refractivity contribution in [3.63, 3.8) is 0 Å². The van der Waals surface area contributed by atoms with Crippen molar-refractivity contribution in [3.05, 3.63) is 41.5 Å². The molecule has 0 aliphatic carbocycles. The van der Waals surface area contributed by atoms with E-state index in [0.29, 0.717) is 5.69 Å². The van der Waals surface area contributed by atoms with Crippen molar-refractivity contribution in [1.29, 1.82) is 0 Å². The van der Waals surface area contributed by atoms with E-state index in [-0.39, 0.29) is 17.9 Å². The molecule has 3 N–H and O–H groups in total. The van der Waals surface area contributed by atoms with Gasteiger partial charge in [0, 0.05) is 6.20 Å². The molecule has 2 aromatic rings. The van der Waals surface area contributed by atoms with Crippen molar-refractivity contribution in [1.82, 2.24) is 25.3 Å². The first kappa shape index (κ1) is 12.7. The van der Waals surface area contributed by atoms with E-state index >= 15 is 0 Å². The van der Waals surface area contributed by atoms with E-state index in [2.05, 4.69) is 25.3 Å². The lowest BCUT2D eigenvalue weighted by Crippen LogP contribution is -2.25. The van der Waals surface area contributed by atoms with E-state index in [1.165, 1.54) is 6.20 Å². The number of aromatic nitrogens is 4. The first-order valence-electron chi connectivity index (χ1n) is 5.40. The fourth-order valence-corrected chi connectivity index (χ4v) is 1.39. The van der Waals surface area contributed by atoms with Gasteiger partial charge >= 0.3 is 5.97 Å². The van der Waals surface area contributed by atoms with Crippen LogP contribution >= 0.6 is 0 Å². The number of H-pyrrole nitrogens is 1. The normalized spacial score (nSPS) is 10.2. The molecule has 0 atom stereocenters. The van der Waals surface area contributed by atoms with Crippen LogP contribution in [0.5, 0.6) is 0 Å². The molecule has 0 saturated carbocycles. The topological polar surface area (TPSA) is 121 Å². The number of rotatable bonds is 4. The van der Waals surface area contributed by atoms with Gasteiger partial charge in [-0.1, -0.05) is 0 Å². The van der Waals surface area contributed by atoms with E-state index in [1.807, 2.05) is 0 Å². The number of carbonyl (C=O) groups excluding carboxylic acids is 1. The lowest BCUT2D eigenvalue weighted by molar-refractivity contribution is 0.0685. The highest BCUT2D eigenvalue weighted by Gasteiger charge is 2.19. The third kappa shape index (κ3) is 2.92. The Bertz CT molecular complexity index is 605. The molecule has 0 aromatic carbocycles. The van der Waals surface area contributed by atoms with E-state index in [0.717, 1.165) is 12.0 Å². The summed E-state index contributed by atoms with van der Waals surface area (Å²) in [6.07, 6.45) is 4.28. The Balaban J connectivity index is 2.03. The Morgan fingerprint density at radius 1 is 1.32 bits per heavy atom. The molecule has 8 heteroatoms. The molecule has 0 spiro atoms. The summed E-state index contributed by atoms with van der Waals surface area (Å²) in [5.41, 5.74) is 0.946. The summed E-state index contributed by atoms with van der Waals surface area (Å²) in [7, 11) is 0. The number of aryl methyl sites for hydroxylation is 1. The lowest BCUT2D eigenvalue weighted by Gasteiger charge is -2.03. The molecule has 0 radical (unpaired) electrons. The zero-order valence-corrected chi connectivity index (χ0v) is 10.0. The molecule has 2 rings (SSSR count). The van der Waals surface area contributed by atoms with Gasteiger partial charge in [0.1, 0.15) is 0 Å². The van der Waals surface area contributed by atoms with Gasteiger partial charge in [-0.25, -0.2) is 9.78 Å². The average molecular weight is 261 g/mol. The molecule has 19 heavy (non-hydrogen) atoms. The molecule has 0 unspecified atom stereocenters. The van der Waals surface area contributed by atoms with E-state index in [9.17, 15) is 9.59 Å². The molecule has 0 saturated heterocycles. The number of imidazole rings is 1. The fraction of sp³-hybridized carbons (Fsp3) is 0.182. The van der Waals surface area contributed by atoms with Gasteiger partial charge in [-0.15, -0.1) is 0 Å². The van der Waals surface area contributed by atoms with Crippen LogP contribution in [-0.4, -0.2) is 36.9 Å². The number of aromatic amines is 1. The van der Waals surface area contributed by atoms with Gasteiger partial charge in [0.2, 0.25) is 0 Å². The first-order chi connectivity index (χ1) is 9.08. The largest absolute Gasteiger partial charge is 0.477 e. The van der Waals surface area contributed by atoms with Crippen LogP contribution in [0.3, 0.4) is 0 Å². The second kappa shape index (κ2) is 5.25. The van der Waals surface area contributed by atoms with Crippen LogP contribution < -0.4 is 5.32 Å². The fourth-order valence-electron chi connectivity index (χ4n) is 1.39. The molecule has 0 fully saturated rings. The molecule has 0 aliphatic rings. The summed E-state index contributed by atoms with van der Waals surface area (Å²) < 4.78 is 0. The molecule has 0 aliphatic heterocycles. The summed E-state index contributed by atoms with van der Waals surface area (Å²) >= 11 is 0.